The SMILES string of the molecule is Cc1cc(C(=O)Nc2cc(F)cc(F)c2)cc(N)n1. The Labute approximate surface area is 108 Å². The molecular weight excluding hydrogens is 252 g/mol. The number of aryl methyl sites for hydroxylation is 1. The summed E-state index contributed by atoms with van der Waals surface area (Å²) in [6, 6.07) is 5.69. The number of nitrogens with zero attached hydrogens (tertiary/aromatic N) is 1. The number of amides is 1. The van der Waals surface area contributed by atoms with Crippen LogP contribution in [0, 0.1) is 18.6 Å². The van der Waals surface area contributed by atoms with Crippen LogP contribution in [0.25, 0.3) is 0 Å². The van der Waals surface area contributed by atoms with Crippen LogP contribution < -0.4 is 11.1 Å². The fourth-order valence-electron chi connectivity index (χ4n) is 1.65. The van der Waals surface area contributed by atoms with Crippen LogP contribution in [0.3, 0.4) is 0 Å². The van der Waals surface area contributed by atoms with Crippen LogP contribution in [0.1, 0.15) is 16.1 Å². The van der Waals surface area contributed by atoms with Gasteiger partial charge in [0.1, 0.15) is 17.5 Å². The smallest absolute Gasteiger partial charge is 0.255 e. The van der Waals surface area contributed by atoms with Gasteiger partial charge in [-0.3, -0.25) is 4.79 Å². The Morgan fingerprint density at radius 1 is 1.16 bits per heavy atom. The van der Waals surface area contributed by atoms with Gasteiger partial charge in [0.15, 0.2) is 0 Å². The highest BCUT2D eigenvalue weighted by Gasteiger charge is 2.09. The van der Waals surface area contributed by atoms with Crippen molar-refractivity contribution >= 4 is 17.4 Å². The summed E-state index contributed by atoms with van der Waals surface area (Å²) in [5.74, 6) is -1.83. The number of hydrogen-bond donors (Lipinski definition) is 2. The van der Waals surface area contributed by atoms with E-state index in [4.69, 9.17) is 5.73 Å². The molecule has 0 unspecified atom stereocenters. The Bertz CT molecular complexity index is 603. The predicted octanol–water partition coefficient (Wildman–Crippen LogP) is 2.50. The summed E-state index contributed by atoms with van der Waals surface area (Å²) in [6.45, 7) is 1.69. The second-order valence-electron chi connectivity index (χ2n) is 4.03. The number of nitrogen functional groups attached to an aromatic ring is 1. The van der Waals surface area contributed by atoms with Crippen molar-refractivity contribution in [3.05, 3.63) is 53.2 Å². The average Bonchev–Trinajstić information content (AvgIpc) is 2.25. The predicted molar refractivity (Wildman–Crippen MR) is 67.7 cm³/mol. The summed E-state index contributed by atoms with van der Waals surface area (Å²) in [6.07, 6.45) is 0. The van der Waals surface area contributed by atoms with Gasteiger partial charge in [-0.25, -0.2) is 13.8 Å². The van der Waals surface area contributed by atoms with Crippen LogP contribution in [0.2, 0.25) is 0 Å². The van der Waals surface area contributed by atoms with Gasteiger partial charge < -0.3 is 11.1 Å². The lowest BCUT2D eigenvalue weighted by Gasteiger charge is -2.07. The second-order valence-corrected chi connectivity index (χ2v) is 4.03. The van der Waals surface area contributed by atoms with Crippen LogP contribution in [-0.2, 0) is 0 Å². The number of rotatable bonds is 2. The minimum atomic E-state index is -0.763. The standard InChI is InChI=1S/C13H11F2N3O/c1-7-2-8(3-12(16)17-7)13(19)18-11-5-9(14)4-10(15)6-11/h2-6H,1H3,(H2,16,17)(H,18,19). The summed E-state index contributed by atoms with van der Waals surface area (Å²) in [5, 5.41) is 2.39. The molecule has 1 aromatic heterocycles. The molecule has 2 aromatic rings. The topological polar surface area (TPSA) is 68.0 Å². The molecule has 0 saturated heterocycles. The largest absolute Gasteiger partial charge is 0.384 e. The summed E-state index contributed by atoms with van der Waals surface area (Å²) in [5.41, 5.74) is 6.42. The van der Waals surface area contributed by atoms with Crippen LogP contribution in [0.5, 0.6) is 0 Å². The Morgan fingerprint density at radius 2 is 1.79 bits per heavy atom. The van der Waals surface area contributed by atoms with E-state index in [2.05, 4.69) is 10.3 Å². The van der Waals surface area contributed by atoms with Gasteiger partial charge in [0.05, 0.1) is 0 Å². The molecule has 3 N–H and O–H groups in total. The van der Waals surface area contributed by atoms with Crippen molar-refractivity contribution in [3.8, 4) is 0 Å². The van der Waals surface area contributed by atoms with Crippen molar-refractivity contribution in [1.82, 2.24) is 4.98 Å². The van der Waals surface area contributed by atoms with Crippen molar-refractivity contribution in [2.45, 2.75) is 6.92 Å². The monoisotopic (exact) mass is 263 g/mol. The lowest BCUT2D eigenvalue weighted by Crippen LogP contribution is -2.13. The molecule has 0 aliphatic heterocycles. The lowest BCUT2D eigenvalue weighted by molar-refractivity contribution is 0.102. The molecule has 0 aliphatic carbocycles. The number of carbonyl (C=O) groups excluding carboxylic acids is 1. The number of anilines is 2. The van der Waals surface area contributed by atoms with Gasteiger partial charge in [-0.2, -0.15) is 0 Å². The van der Waals surface area contributed by atoms with E-state index in [9.17, 15) is 13.6 Å². The maximum Gasteiger partial charge on any atom is 0.255 e. The van der Waals surface area contributed by atoms with Crippen LogP contribution >= 0.6 is 0 Å². The fourth-order valence-corrected chi connectivity index (χ4v) is 1.65. The molecule has 0 fully saturated rings. The van der Waals surface area contributed by atoms with Crippen molar-refractivity contribution in [1.29, 1.82) is 0 Å². The van der Waals surface area contributed by atoms with Gasteiger partial charge in [0.2, 0.25) is 0 Å². The Hall–Kier alpha value is -2.50. The maximum absolute atomic E-state index is 13.0. The summed E-state index contributed by atoms with van der Waals surface area (Å²) >= 11 is 0. The number of hydrogen-bond acceptors (Lipinski definition) is 3. The first-order chi connectivity index (χ1) is 8.94. The molecule has 0 spiro atoms. The zero-order valence-electron chi connectivity index (χ0n) is 10.1. The average molecular weight is 263 g/mol. The highest BCUT2D eigenvalue weighted by molar-refractivity contribution is 6.04. The molecule has 0 radical (unpaired) electrons. The van der Waals surface area contributed by atoms with Gasteiger partial charge in [-0.15, -0.1) is 0 Å². The Balaban J connectivity index is 2.25. The Morgan fingerprint density at radius 3 is 2.37 bits per heavy atom. The van der Waals surface area contributed by atoms with Crippen molar-refractivity contribution in [2.24, 2.45) is 0 Å². The van der Waals surface area contributed by atoms with Gasteiger partial charge in [-0.05, 0) is 31.2 Å². The molecule has 0 saturated carbocycles. The summed E-state index contributed by atoms with van der Waals surface area (Å²) < 4.78 is 26.0. The zero-order chi connectivity index (χ0) is 14.0. The third kappa shape index (κ3) is 3.25. The molecule has 6 heteroatoms. The number of pyridine rings is 1. The first-order valence-electron chi connectivity index (χ1n) is 5.45. The third-order valence-electron chi connectivity index (χ3n) is 2.36. The first-order valence-corrected chi connectivity index (χ1v) is 5.45. The van der Waals surface area contributed by atoms with Crippen LogP contribution in [-0.4, -0.2) is 10.9 Å². The molecule has 2 rings (SSSR count). The van der Waals surface area contributed by atoms with E-state index in [1.165, 1.54) is 12.1 Å². The van der Waals surface area contributed by atoms with E-state index in [1.54, 1.807) is 6.92 Å². The van der Waals surface area contributed by atoms with Crippen molar-refractivity contribution < 1.29 is 13.6 Å². The van der Waals surface area contributed by atoms with Gasteiger partial charge >= 0.3 is 0 Å². The summed E-state index contributed by atoms with van der Waals surface area (Å²) in [4.78, 5) is 15.8. The maximum atomic E-state index is 13.0. The molecule has 4 nitrogen and oxygen atoms in total. The molecule has 1 heterocycles. The number of benzene rings is 1. The fraction of sp³-hybridized carbons (Fsp3) is 0.0769. The quantitative estimate of drug-likeness (QED) is 0.874. The Kier molecular flexibility index (Phi) is 3.41. The van der Waals surface area contributed by atoms with Gasteiger partial charge in [0.25, 0.3) is 5.91 Å². The van der Waals surface area contributed by atoms with Gasteiger partial charge in [0, 0.05) is 23.0 Å². The number of carbonyl (C=O) groups is 1. The molecule has 98 valence electrons. The van der Waals surface area contributed by atoms with Crippen molar-refractivity contribution in [2.75, 3.05) is 11.1 Å². The number of aromatic nitrogens is 1. The molecule has 0 bridgehead atoms. The van der Waals surface area contributed by atoms with Crippen LogP contribution in [0.15, 0.2) is 30.3 Å². The van der Waals surface area contributed by atoms with Crippen molar-refractivity contribution in [3.63, 3.8) is 0 Å². The highest BCUT2D eigenvalue weighted by Crippen LogP contribution is 2.15. The van der Waals surface area contributed by atoms with E-state index in [0.717, 1.165) is 18.2 Å². The van der Waals surface area contributed by atoms with E-state index < -0.39 is 17.5 Å². The zero-order valence-corrected chi connectivity index (χ0v) is 10.1. The van der Waals surface area contributed by atoms with E-state index >= 15 is 0 Å². The van der Waals surface area contributed by atoms with E-state index in [-0.39, 0.29) is 17.1 Å². The molecular formula is C13H11F2N3O. The number of nitrogens with one attached hydrogen (secondary N) is 1. The summed E-state index contributed by atoms with van der Waals surface area (Å²) in [7, 11) is 0. The molecule has 1 aromatic carbocycles. The second kappa shape index (κ2) is 5.01. The molecule has 0 atom stereocenters. The van der Waals surface area contributed by atoms with Gasteiger partial charge in [-0.1, -0.05) is 0 Å². The first kappa shape index (κ1) is 12.9. The van der Waals surface area contributed by atoms with E-state index in [1.807, 2.05) is 0 Å². The minimum Gasteiger partial charge on any atom is -0.384 e. The number of nitrogens with two attached hydrogens (primary N) is 1. The van der Waals surface area contributed by atoms with Crippen LogP contribution in [0.4, 0.5) is 20.3 Å². The molecule has 0 aliphatic rings. The normalized spacial score (nSPS) is 10.3. The minimum absolute atomic E-state index is 0.0375. The third-order valence-corrected chi connectivity index (χ3v) is 2.36. The molecule has 1 amide bonds. The number of halogens is 2. The highest BCUT2D eigenvalue weighted by atomic mass is 19.1. The lowest BCUT2D eigenvalue weighted by atomic mass is 10.2. The molecule has 19 heavy (non-hydrogen) atoms. The van der Waals surface area contributed by atoms with E-state index in [0.29, 0.717) is 5.69 Å².